The average Bonchev–Trinajstić information content (AvgIpc) is 3.37. The van der Waals surface area contributed by atoms with Gasteiger partial charge in [0.25, 0.3) is 11.8 Å². The zero-order chi connectivity index (χ0) is 27.7. The molecule has 1 fully saturated rings. The number of nitrogens with one attached hydrogen (secondary N) is 2. The van der Waals surface area contributed by atoms with Crippen LogP contribution in [0.2, 0.25) is 0 Å². The second-order valence-corrected chi connectivity index (χ2v) is 9.60. The second kappa shape index (κ2) is 10.2. The summed E-state index contributed by atoms with van der Waals surface area (Å²) >= 11 is 0. The third-order valence-corrected chi connectivity index (χ3v) is 6.75. The number of halogens is 3. The van der Waals surface area contributed by atoms with E-state index in [1.54, 1.807) is 30.3 Å². The van der Waals surface area contributed by atoms with Crippen molar-refractivity contribution in [3.05, 3.63) is 101 Å². The molecule has 1 heterocycles. The van der Waals surface area contributed by atoms with Gasteiger partial charge in [-0.25, -0.2) is 22.8 Å². The van der Waals surface area contributed by atoms with Gasteiger partial charge in [-0.15, -0.1) is 5.10 Å². The first-order valence-corrected chi connectivity index (χ1v) is 12.2. The van der Waals surface area contributed by atoms with E-state index in [1.807, 2.05) is 0 Å². The molecular formula is C28H25F3N6O2. The van der Waals surface area contributed by atoms with Crippen molar-refractivity contribution in [2.24, 2.45) is 0 Å². The van der Waals surface area contributed by atoms with E-state index in [-0.39, 0.29) is 17.1 Å². The molecule has 1 aliphatic rings. The fourth-order valence-corrected chi connectivity index (χ4v) is 4.60. The minimum atomic E-state index is -0.817. The Balaban J connectivity index is 1.28. The highest BCUT2D eigenvalue weighted by molar-refractivity contribution is 6.01. The first-order chi connectivity index (χ1) is 18.6. The Morgan fingerprint density at radius 3 is 2.23 bits per heavy atom. The molecule has 11 heteroatoms. The van der Waals surface area contributed by atoms with E-state index < -0.39 is 34.8 Å². The van der Waals surface area contributed by atoms with Crippen LogP contribution in [0.1, 0.15) is 45.8 Å². The molecule has 1 aliphatic carbocycles. The number of benzene rings is 3. The van der Waals surface area contributed by atoms with Crippen LogP contribution in [0, 0.1) is 17.5 Å². The smallest absolute Gasteiger partial charge is 0.295 e. The van der Waals surface area contributed by atoms with Crippen LogP contribution < -0.4 is 15.5 Å². The van der Waals surface area contributed by atoms with Crippen LogP contribution >= 0.6 is 0 Å². The SMILES string of the molecule is CN(C)c1c(F)cc(C(=O)NC2(c3ccc(NC(=O)c4ncn(-c5cccc(F)c5)n4)cc3)CCC2)cc1F. The number of carbonyl (C=O) groups excluding carboxylic acids is 2. The van der Waals surface area contributed by atoms with Gasteiger partial charge in [0, 0.05) is 25.3 Å². The molecule has 0 bridgehead atoms. The Hall–Kier alpha value is -4.67. The van der Waals surface area contributed by atoms with Crippen molar-refractivity contribution in [3.8, 4) is 5.69 Å². The molecule has 0 unspecified atom stereocenters. The van der Waals surface area contributed by atoms with Gasteiger partial charge < -0.3 is 15.5 Å². The summed E-state index contributed by atoms with van der Waals surface area (Å²) in [6, 6.07) is 14.7. The van der Waals surface area contributed by atoms with Gasteiger partial charge in [0.05, 0.1) is 11.2 Å². The zero-order valence-corrected chi connectivity index (χ0v) is 21.2. The lowest BCUT2D eigenvalue weighted by atomic mass is 9.71. The molecule has 0 saturated heterocycles. The molecular weight excluding hydrogens is 509 g/mol. The van der Waals surface area contributed by atoms with E-state index in [2.05, 4.69) is 20.7 Å². The number of amides is 2. The maximum absolute atomic E-state index is 14.4. The van der Waals surface area contributed by atoms with Crippen LogP contribution in [-0.2, 0) is 5.54 Å². The maximum Gasteiger partial charge on any atom is 0.295 e. The van der Waals surface area contributed by atoms with E-state index in [0.29, 0.717) is 24.2 Å². The topological polar surface area (TPSA) is 92.2 Å². The minimum Gasteiger partial charge on any atom is -0.373 e. The van der Waals surface area contributed by atoms with Gasteiger partial charge in [0.15, 0.2) is 0 Å². The van der Waals surface area contributed by atoms with Crippen molar-refractivity contribution in [3.63, 3.8) is 0 Å². The number of carbonyl (C=O) groups is 2. The van der Waals surface area contributed by atoms with Gasteiger partial charge in [0.2, 0.25) is 5.82 Å². The van der Waals surface area contributed by atoms with Crippen LogP contribution in [0.5, 0.6) is 0 Å². The number of hydrogen-bond acceptors (Lipinski definition) is 5. The van der Waals surface area contributed by atoms with Crippen molar-refractivity contribution in [1.82, 2.24) is 20.1 Å². The van der Waals surface area contributed by atoms with E-state index in [9.17, 15) is 22.8 Å². The molecule has 39 heavy (non-hydrogen) atoms. The molecule has 0 aliphatic heterocycles. The summed E-state index contributed by atoms with van der Waals surface area (Å²) in [5.41, 5.74) is 0.722. The molecule has 0 spiro atoms. The largest absolute Gasteiger partial charge is 0.373 e. The van der Waals surface area contributed by atoms with Gasteiger partial charge >= 0.3 is 0 Å². The van der Waals surface area contributed by atoms with Crippen molar-refractivity contribution in [2.45, 2.75) is 24.8 Å². The normalized spacial score (nSPS) is 13.9. The zero-order valence-electron chi connectivity index (χ0n) is 21.2. The van der Waals surface area contributed by atoms with E-state index in [4.69, 9.17) is 0 Å². The summed E-state index contributed by atoms with van der Waals surface area (Å²) in [5, 5.41) is 9.78. The highest BCUT2D eigenvalue weighted by atomic mass is 19.1. The summed E-state index contributed by atoms with van der Waals surface area (Å²) in [6.45, 7) is 0. The van der Waals surface area contributed by atoms with Crippen molar-refractivity contribution >= 4 is 23.2 Å². The van der Waals surface area contributed by atoms with Gasteiger partial charge in [-0.2, -0.15) is 0 Å². The van der Waals surface area contributed by atoms with Gasteiger partial charge in [-0.3, -0.25) is 9.59 Å². The monoisotopic (exact) mass is 534 g/mol. The lowest BCUT2D eigenvalue weighted by Crippen LogP contribution is -2.50. The molecule has 2 amide bonds. The van der Waals surface area contributed by atoms with Gasteiger partial charge in [0.1, 0.15) is 29.5 Å². The molecule has 1 saturated carbocycles. The van der Waals surface area contributed by atoms with Gasteiger partial charge in [-0.1, -0.05) is 18.2 Å². The molecule has 8 nitrogen and oxygen atoms in total. The highest BCUT2D eigenvalue weighted by Gasteiger charge is 2.40. The molecule has 200 valence electrons. The number of rotatable bonds is 7. The van der Waals surface area contributed by atoms with Crippen LogP contribution in [0.3, 0.4) is 0 Å². The summed E-state index contributed by atoms with van der Waals surface area (Å²) in [4.78, 5) is 30.9. The Bertz CT molecular complexity index is 1520. The highest BCUT2D eigenvalue weighted by Crippen LogP contribution is 2.42. The van der Waals surface area contributed by atoms with Crippen LogP contribution in [0.15, 0.2) is 67.0 Å². The lowest BCUT2D eigenvalue weighted by molar-refractivity contribution is 0.0822. The Morgan fingerprint density at radius 2 is 1.64 bits per heavy atom. The Labute approximate surface area is 222 Å². The Kier molecular flexibility index (Phi) is 6.81. The summed E-state index contributed by atoms with van der Waals surface area (Å²) in [7, 11) is 3.04. The molecule has 1 aromatic heterocycles. The fraction of sp³-hybridized carbons (Fsp3) is 0.214. The minimum absolute atomic E-state index is 0.0918. The number of nitrogens with zero attached hydrogens (tertiary/aromatic N) is 4. The van der Waals surface area contributed by atoms with Crippen molar-refractivity contribution in [1.29, 1.82) is 0 Å². The number of aromatic nitrogens is 3. The average molecular weight is 535 g/mol. The number of hydrogen-bond donors (Lipinski definition) is 2. The van der Waals surface area contributed by atoms with E-state index in [1.165, 1.54) is 48.2 Å². The predicted molar refractivity (Wildman–Crippen MR) is 139 cm³/mol. The van der Waals surface area contributed by atoms with Crippen molar-refractivity contribution in [2.75, 3.05) is 24.3 Å². The molecule has 5 rings (SSSR count). The Morgan fingerprint density at radius 1 is 0.949 bits per heavy atom. The standard InChI is InChI=1S/C28H25F3N6O2/c1-36(2)24-22(30)13-17(14-23(24)31)26(38)34-28(11-4-12-28)18-7-9-20(10-8-18)33-27(39)25-32-16-37(35-25)21-6-3-5-19(29)15-21/h3,5-10,13-16H,4,11-12H2,1-2H3,(H,33,39)(H,34,38). The summed E-state index contributed by atoms with van der Waals surface area (Å²) in [6.07, 6.45) is 3.52. The lowest BCUT2D eigenvalue weighted by Gasteiger charge is -2.43. The van der Waals surface area contributed by atoms with E-state index >= 15 is 0 Å². The van der Waals surface area contributed by atoms with Gasteiger partial charge in [-0.05, 0) is 67.3 Å². The molecule has 4 aromatic rings. The van der Waals surface area contributed by atoms with Crippen molar-refractivity contribution < 1.29 is 22.8 Å². The first kappa shape index (κ1) is 26.0. The third-order valence-electron chi connectivity index (χ3n) is 6.75. The van der Waals surface area contributed by atoms with E-state index in [0.717, 1.165) is 24.1 Å². The van der Waals surface area contributed by atoms with Crippen LogP contribution in [0.25, 0.3) is 5.69 Å². The maximum atomic E-state index is 14.4. The number of anilines is 2. The molecule has 0 atom stereocenters. The van der Waals surface area contributed by atoms with Crippen LogP contribution in [-0.4, -0.2) is 40.7 Å². The third kappa shape index (κ3) is 5.20. The fourth-order valence-electron chi connectivity index (χ4n) is 4.60. The molecule has 0 radical (unpaired) electrons. The van der Waals surface area contributed by atoms with Crippen LogP contribution in [0.4, 0.5) is 24.5 Å². The first-order valence-electron chi connectivity index (χ1n) is 12.2. The summed E-state index contributed by atoms with van der Waals surface area (Å²) < 4.78 is 43.6. The molecule has 3 aromatic carbocycles. The summed E-state index contributed by atoms with van der Waals surface area (Å²) in [5.74, 6) is -3.28. The quantitative estimate of drug-likeness (QED) is 0.355. The predicted octanol–water partition coefficient (Wildman–Crippen LogP) is 4.81. The second-order valence-electron chi connectivity index (χ2n) is 9.60. The molecule has 2 N–H and O–H groups in total.